The molecule has 0 unspecified atom stereocenters. The summed E-state index contributed by atoms with van der Waals surface area (Å²) in [6.45, 7) is 1.16. The normalized spacial score (nSPS) is 16.4. The van der Waals surface area contributed by atoms with Crippen LogP contribution in [0.25, 0.3) is 0 Å². The third-order valence-electron chi connectivity index (χ3n) is 5.14. The van der Waals surface area contributed by atoms with Crippen molar-refractivity contribution in [2.75, 3.05) is 39.1 Å². The van der Waals surface area contributed by atoms with Gasteiger partial charge in [0.15, 0.2) is 0 Å². The summed E-state index contributed by atoms with van der Waals surface area (Å²) in [5, 5.41) is 21.1. The summed E-state index contributed by atoms with van der Waals surface area (Å²) in [6.07, 6.45) is 3.18. The van der Waals surface area contributed by atoms with Crippen molar-refractivity contribution in [3.63, 3.8) is 0 Å². The summed E-state index contributed by atoms with van der Waals surface area (Å²) in [7, 11) is 4.85. The smallest absolute Gasteiger partial charge is 0.293 e. The van der Waals surface area contributed by atoms with E-state index in [0.717, 1.165) is 18.5 Å². The molecule has 1 saturated heterocycles. The zero-order chi connectivity index (χ0) is 21.1. The molecular formula is C19H24N6O4. The van der Waals surface area contributed by atoms with Crippen molar-refractivity contribution in [2.24, 2.45) is 0 Å². The van der Waals surface area contributed by atoms with E-state index in [2.05, 4.69) is 15.5 Å². The number of carbonyl (C=O) groups is 2. The van der Waals surface area contributed by atoms with Gasteiger partial charge in [0.05, 0.1) is 22.4 Å². The minimum absolute atomic E-state index is 0.0108. The van der Waals surface area contributed by atoms with Crippen molar-refractivity contribution in [1.29, 1.82) is 0 Å². The van der Waals surface area contributed by atoms with E-state index in [9.17, 15) is 19.7 Å². The van der Waals surface area contributed by atoms with Gasteiger partial charge in [0.25, 0.3) is 17.5 Å². The molecule has 1 aromatic carbocycles. The molecule has 29 heavy (non-hydrogen) atoms. The molecule has 3 rings (SSSR count). The number of anilines is 1. The Kier molecular flexibility index (Phi) is 5.81. The minimum Gasteiger partial charge on any atom is -0.365 e. The first-order chi connectivity index (χ1) is 13.8. The van der Waals surface area contributed by atoms with Gasteiger partial charge in [0.2, 0.25) is 0 Å². The van der Waals surface area contributed by atoms with Crippen LogP contribution in [-0.2, 0) is 0 Å². The summed E-state index contributed by atoms with van der Waals surface area (Å²) in [6, 6.07) is 4.50. The minimum atomic E-state index is -0.470. The van der Waals surface area contributed by atoms with Gasteiger partial charge >= 0.3 is 0 Å². The lowest BCUT2D eigenvalue weighted by molar-refractivity contribution is -0.384. The molecule has 2 N–H and O–H groups in total. The Labute approximate surface area is 168 Å². The standard InChI is InChI=1S/C19H24N6O4/c1-20-18(26)12-6-7-15(16(9-12)25(28)29)24-8-4-5-13(11-24)17-14(10-21-22-17)19(27)23(2)3/h6-7,9-10,13H,4-5,8,11H2,1-3H3,(H,20,26)(H,21,22)/t13-/m1/s1. The molecule has 1 aliphatic rings. The van der Waals surface area contributed by atoms with Crippen LogP contribution in [0, 0.1) is 10.1 Å². The van der Waals surface area contributed by atoms with Gasteiger partial charge in [-0.3, -0.25) is 24.8 Å². The van der Waals surface area contributed by atoms with E-state index in [1.165, 1.54) is 24.2 Å². The molecule has 10 nitrogen and oxygen atoms in total. The largest absolute Gasteiger partial charge is 0.365 e. The number of hydrogen-bond acceptors (Lipinski definition) is 6. The Balaban J connectivity index is 1.90. The summed E-state index contributed by atoms with van der Waals surface area (Å²) in [5.41, 5.74) is 1.86. The van der Waals surface area contributed by atoms with E-state index in [-0.39, 0.29) is 29.0 Å². The fourth-order valence-electron chi connectivity index (χ4n) is 3.67. The van der Waals surface area contributed by atoms with Crippen LogP contribution in [0.1, 0.15) is 45.2 Å². The SMILES string of the molecule is CNC(=O)c1ccc(N2CCC[C@@H](c3[nH]ncc3C(=O)N(C)C)C2)c([N+](=O)[O-])c1. The van der Waals surface area contributed by atoms with Gasteiger partial charge in [-0.1, -0.05) is 0 Å². The van der Waals surface area contributed by atoms with Gasteiger partial charge in [0, 0.05) is 51.8 Å². The van der Waals surface area contributed by atoms with Gasteiger partial charge in [-0.25, -0.2) is 0 Å². The van der Waals surface area contributed by atoms with Crippen LogP contribution in [0.3, 0.4) is 0 Å². The Morgan fingerprint density at radius 2 is 2.14 bits per heavy atom. The highest BCUT2D eigenvalue weighted by Crippen LogP contribution is 2.35. The molecule has 0 radical (unpaired) electrons. The average molecular weight is 400 g/mol. The second kappa shape index (κ2) is 8.29. The van der Waals surface area contributed by atoms with E-state index in [4.69, 9.17) is 0 Å². The monoisotopic (exact) mass is 400 g/mol. The summed E-state index contributed by atoms with van der Waals surface area (Å²) in [4.78, 5) is 38.9. The highest BCUT2D eigenvalue weighted by molar-refractivity contribution is 5.96. The molecule has 1 atom stereocenters. The number of carbonyl (C=O) groups excluding carboxylic acids is 2. The lowest BCUT2D eigenvalue weighted by Gasteiger charge is -2.34. The van der Waals surface area contributed by atoms with Crippen LogP contribution in [0.15, 0.2) is 24.4 Å². The number of benzene rings is 1. The van der Waals surface area contributed by atoms with Gasteiger partial charge in [-0.2, -0.15) is 5.10 Å². The van der Waals surface area contributed by atoms with Crippen LogP contribution < -0.4 is 10.2 Å². The molecule has 0 bridgehead atoms. The Bertz CT molecular complexity index is 939. The number of hydrogen-bond donors (Lipinski definition) is 2. The van der Waals surface area contributed by atoms with Gasteiger partial charge < -0.3 is 15.1 Å². The maximum Gasteiger partial charge on any atom is 0.293 e. The number of rotatable bonds is 5. The number of nitrogens with one attached hydrogen (secondary N) is 2. The average Bonchev–Trinajstić information content (AvgIpc) is 3.21. The van der Waals surface area contributed by atoms with Crippen molar-refractivity contribution in [3.05, 3.63) is 51.3 Å². The van der Waals surface area contributed by atoms with Crippen molar-refractivity contribution in [3.8, 4) is 0 Å². The van der Waals surface area contributed by atoms with Gasteiger partial charge in [0.1, 0.15) is 5.69 Å². The third kappa shape index (κ3) is 4.05. The maximum absolute atomic E-state index is 12.4. The molecule has 154 valence electrons. The molecule has 1 fully saturated rings. The van der Waals surface area contributed by atoms with Crippen molar-refractivity contribution < 1.29 is 14.5 Å². The second-order valence-corrected chi connectivity index (χ2v) is 7.22. The highest BCUT2D eigenvalue weighted by Gasteiger charge is 2.30. The topological polar surface area (TPSA) is 124 Å². The molecular weight excluding hydrogens is 376 g/mol. The van der Waals surface area contributed by atoms with Crippen molar-refractivity contribution in [1.82, 2.24) is 20.4 Å². The summed E-state index contributed by atoms with van der Waals surface area (Å²) < 4.78 is 0. The number of nitro benzene ring substituents is 1. The van der Waals surface area contributed by atoms with Crippen molar-refractivity contribution >= 4 is 23.2 Å². The van der Waals surface area contributed by atoms with Crippen LogP contribution in [0.4, 0.5) is 11.4 Å². The molecule has 1 aromatic heterocycles. The summed E-state index contributed by atoms with van der Waals surface area (Å²) >= 11 is 0. The molecule has 2 aromatic rings. The predicted molar refractivity (Wildman–Crippen MR) is 107 cm³/mol. The van der Waals surface area contributed by atoms with E-state index in [0.29, 0.717) is 24.3 Å². The van der Waals surface area contributed by atoms with Crippen molar-refractivity contribution in [2.45, 2.75) is 18.8 Å². The number of piperidine rings is 1. The lowest BCUT2D eigenvalue weighted by Crippen LogP contribution is -2.36. The Morgan fingerprint density at radius 1 is 1.38 bits per heavy atom. The first-order valence-electron chi connectivity index (χ1n) is 9.33. The van der Waals surface area contributed by atoms with E-state index < -0.39 is 4.92 Å². The Morgan fingerprint density at radius 3 is 2.79 bits per heavy atom. The fraction of sp³-hybridized carbons (Fsp3) is 0.421. The second-order valence-electron chi connectivity index (χ2n) is 7.22. The molecule has 10 heteroatoms. The van der Waals surface area contributed by atoms with Crippen LogP contribution >= 0.6 is 0 Å². The zero-order valence-corrected chi connectivity index (χ0v) is 16.6. The van der Waals surface area contributed by atoms with Gasteiger partial charge in [-0.05, 0) is 25.0 Å². The number of aromatic nitrogens is 2. The number of nitrogens with zero attached hydrogens (tertiary/aromatic N) is 4. The van der Waals surface area contributed by atoms with Crippen LogP contribution in [0.2, 0.25) is 0 Å². The first kappa shape index (κ1) is 20.3. The quantitative estimate of drug-likeness (QED) is 0.582. The molecule has 2 heterocycles. The zero-order valence-electron chi connectivity index (χ0n) is 16.6. The third-order valence-corrected chi connectivity index (χ3v) is 5.14. The van der Waals surface area contributed by atoms with E-state index in [1.54, 1.807) is 26.2 Å². The fourth-order valence-corrected chi connectivity index (χ4v) is 3.67. The van der Waals surface area contributed by atoms with E-state index in [1.807, 2.05) is 4.90 Å². The first-order valence-corrected chi connectivity index (χ1v) is 9.33. The lowest BCUT2D eigenvalue weighted by atomic mass is 9.91. The Hall–Kier alpha value is -3.43. The molecule has 0 saturated carbocycles. The predicted octanol–water partition coefficient (Wildman–Crippen LogP) is 1.76. The van der Waals surface area contributed by atoms with Crippen LogP contribution in [0.5, 0.6) is 0 Å². The number of aromatic amines is 1. The van der Waals surface area contributed by atoms with Crippen LogP contribution in [-0.4, -0.2) is 66.1 Å². The van der Waals surface area contributed by atoms with Gasteiger partial charge in [-0.15, -0.1) is 0 Å². The maximum atomic E-state index is 12.4. The molecule has 0 spiro atoms. The number of nitro groups is 1. The summed E-state index contributed by atoms with van der Waals surface area (Å²) in [5.74, 6) is -0.518. The molecule has 1 aliphatic heterocycles. The number of amides is 2. The molecule has 2 amide bonds. The highest BCUT2D eigenvalue weighted by atomic mass is 16.6. The molecule has 0 aliphatic carbocycles. The van der Waals surface area contributed by atoms with E-state index >= 15 is 0 Å². The number of H-pyrrole nitrogens is 1.